The number of hydrogen-bond donors (Lipinski definition) is 1. The molecule has 0 spiro atoms. The second kappa shape index (κ2) is 11.2. The first-order chi connectivity index (χ1) is 17.0. The standard InChI is InChI=1S/C25H27N5O5/c1-34-22-9-5-6-20(14-22)30-12-11-28(17-25(30)33)24(32)18-29-16-19(15-26-29)27-23(31)10-13-35-21-7-3-2-4-8-21/h2-9,14-16H,10-13,17-18H2,1H3,(H,27,31). The lowest BCUT2D eigenvalue weighted by molar-refractivity contribution is -0.137. The van der Waals surface area contributed by atoms with Crippen molar-refractivity contribution in [2.24, 2.45) is 0 Å². The number of amides is 3. The number of carbonyl (C=O) groups excluding carboxylic acids is 3. The van der Waals surface area contributed by atoms with Crippen LogP contribution in [0.3, 0.4) is 0 Å². The lowest BCUT2D eigenvalue weighted by Gasteiger charge is -2.34. The zero-order valence-corrected chi connectivity index (χ0v) is 19.4. The maximum Gasteiger partial charge on any atom is 0.246 e. The molecule has 10 nitrogen and oxygen atoms in total. The van der Waals surface area contributed by atoms with Gasteiger partial charge in [-0.05, 0) is 24.3 Å². The molecule has 1 aliphatic rings. The third-order valence-electron chi connectivity index (χ3n) is 5.49. The Morgan fingerprint density at radius 1 is 1.06 bits per heavy atom. The van der Waals surface area contributed by atoms with Crippen molar-refractivity contribution in [3.05, 3.63) is 67.0 Å². The van der Waals surface area contributed by atoms with Crippen LogP contribution in [-0.4, -0.2) is 65.8 Å². The highest BCUT2D eigenvalue weighted by molar-refractivity contribution is 5.98. The van der Waals surface area contributed by atoms with Gasteiger partial charge in [0, 0.05) is 31.0 Å². The number of ether oxygens (including phenoxy) is 2. The molecule has 182 valence electrons. The summed E-state index contributed by atoms with van der Waals surface area (Å²) in [6.07, 6.45) is 3.25. The third kappa shape index (κ3) is 6.38. The largest absolute Gasteiger partial charge is 0.497 e. The molecule has 0 aliphatic carbocycles. The van der Waals surface area contributed by atoms with Crippen LogP contribution in [0.2, 0.25) is 0 Å². The molecule has 0 unspecified atom stereocenters. The van der Waals surface area contributed by atoms with Gasteiger partial charge < -0.3 is 24.6 Å². The molecule has 1 aliphatic heterocycles. The second-order valence-corrected chi connectivity index (χ2v) is 7.95. The van der Waals surface area contributed by atoms with Gasteiger partial charge in [0.25, 0.3) is 0 Å². The van der Waals surface area contributed by atoms with E-state index in [2.05, 4.69) is 10.4 Å². The first-order valence-corrected chi connectivity index (χ1v) is 11.2. The van der Waals surface area contributed by atoms with Crippen LogP contribution in [-0.2, 0) is 20.9 Å². The number of piperazine rings is 1. The average Bonchev–Trinajstić information content (AvgIpc) is 3.31. The second-order valence-electron chi connectivity index (χ2n) is 7.95. The highest BCUT2D eigenvalue weighted by Crippen LogP contribution is 2.22. The van der Waals surface area contributed by atoms with E-state index in [9.17, 15) is 14.4 Å². The van der Waals surface area contributed by atoms with Gasteiger partial charge in [0.05, 0.1) is 32.0 Å². The number of hydrogen-bond acceptors (Lipinski definition) is 6. The van der Waals surface area contributed by atoms with Gasteiger partial charge in [-0.2, -0.15) is 5.10 Å². The van der Waals surface area contributed by atoms with Crippen molar-refractivity contribution in [2.75, 3.05) is 43.6 Å². The lowest BCUT2D eigenvalue weighted by Crippen LogP contribution is -2.53. The fraction of sp³-hybridized carbons (Fsp3) is 0.280. The minimum absolute atomic E-state index is 0.0116. The van der Waals surface area contributed by atoms with Gasteiger partial charge in [0.1, 0.15) is 24.6 Å². The topological polar surface area (TPSA) is 106 Å². The summed E-state index contributed by atoms with van der Waals surface area (Å²) in [6, 6.07) is 16.5. The van der Waals surface area contributed by atoms with E-state index in [4.69, 9.17) is 9.47 Å². The Bertz CT molecular complexity index is 1180. The van der Waals surface area contributed by atoms with Crippen molar-refractivity contribution >= 4 is 29.1 Å². The van der Waals surface area contributed by atoms with E-state index >= 15 is 0 Å². The number of nitrogens with zero attached hydrogens (tertiary/aromatic N) is 4. The van der Waals surface area contributed by atoms with Gasteiger partial charge in [-0.15, -0.1) is 0 Å². The molecule has 2 aromatic carbocycles. The molecule has 2 heterocycles. The smallest absolute Gasteiger partial charge is 0.246 e. The van der Waals surface area contributed by atoms with E-state index in [-0.39, 0.29) is 43.8 Å². The number of aromatic nitrogens is 2. The van der Waals surface area contributed by atoms with Crippen LogP contribution in [0.4, 0.5) is 11.4 Å². The molecular weight excluding hydrogens is 450 g/mol. The van der Waals surface area contributed by atoms with E-state index in [1.807, 2.05) is 48.5 Å². The molecule has 1 aromatic heterocycles. The van der Waals surface area contributed by atoms with Gasteiger partial charge in [0.2, 0.25) is 17.7 Å². The number of rotatable bonds is 9. The molecule has 0 bridgehead atoms. The number of methoxy groups -OCH3 is 1. The molecule has 4 rings (SSSR count). The zero-order valence-electron chi connectivity index (χ0n) is 19.4. The Kier molecular flexibility index (Phi) is 7.61. The van der Waals surface area contributed by atoms with Crippen molar-refractivity contribution in [1.82, 2.24) is 14.7 Å². The first kappa shape index (κ1) is 23.8. The van der Waals surface area contributed by atoms with Crippen LogP contribution in [0.5, 0.6) is 11.5 Å². The van der Waals surface area contributed by atoms with Crippen LogP contribution < -0.4 is 19.7 Å². The molecule has 1 saturated heterocycles. The quantitative estimate of drug-likeness (QED) is 0.506. The van der Waals surface area contributed by atoms with Crippen molar-refractivity contribution in [1.29, 1.82) is 0 Å². The van der Waals surface area contributed by atoms with Crippen LogP contribution in [0, 0.1) is 0 Å². The Morgan fingerprint density at radius 2 is 1.86 bits per heavy atom. The van der Waals surface area contributed by atoms with Crippen LogP contribution >= 0.6 is 0 Å². The lowest BCUT2D eigenvalue weighted by atomic mass is 10.2. The van der Waals surface area contributed by atoms with Crippen molar-refractivity contribution in [3.8, 4) is 11.5 Å². The van der Waals surface area contributed by atoms with E-state index in [1.54, 1.807) is 24.3 Å². The van der Waals surface area contributed by atoms with Gasteiger partial charge >= 0.3 is 0 Å². The molecule has 3 amide bonds. The Hall–Kier alpha value is -4.34. The van der Waals surface area contributed by atoms with Crippen molar-refractivity contribution < 1.29 is 23.9 Å². The summed E-state index contributed by atoms with van der Waals surface area (Å²) >= 11 is 0. The molecule has 1 N–H and O–H groups in total. The Labute approximate surface area is 203 Å². The molecular formula is C25H27N5O5. The molecule has 10 heteroatoms. The Balaban J connectivity index is 1.23. The van der Waals surface area contributed by atoms with Crippen molar-refractivity contribution in [3.63, 3.8) is 0 Å². The Morgan fingerprint density at radius 3 is 2.63 bits per heavy atom. The molecule has 0 radical (unpaired) electrons. The summed E-state index contributed by atoms with van der Waals surface area (Å²) in [4.78, 5) is 40.7. The summed E-state index contributed by atoms with van der Waals surface area (Å²) in [6.45, 7) is 1.01. The van der Waals surface area contributed by atoms with Crippen molar-refractivity contribution in [2.45, 2.75) is 13.0 Å². The normalized spacial score (nSPS) is 13.5. The molecule has 35 heavy (non-hydrogen) atoms. The van der Waals surface area contributed by atoms with E-state index in [1.165, 1.54) is 15.8 Å². The summed E-state index contributed by atoms with van der Waals surface area (Å²) in [5.41, 5.74) is 1.23. The number of anilines is 2. The maximum atomic E-state index is 12.7. The number of para-hydroxylation sites is 1. The zero-order chi connectivity index (χ0) is 24.6. The molecule has 3 aromatic rings. The van der Waals surface area contributed by atoms with Crippen LogP contribution in [0.15, 0.2) is 67.0 Å². The predicted octanol–water partition coefficient (Wildman–Crippen LogP) is 2.17. The molecule has 1 fully saturated rings. The minimum atomic E-state index is -0.221. The predicted molar refractivity (Wildman–Crippen MR) is 129 cm³/mol. The SMILES string of the molecule is COc1cccc(N2CCN(C(=O)Cn3cc(NC(=O)CCOc4ccccc4)cn3)CC2=O)c1. The highest BCUT2D eigenvalue weighted by Gasteiger charge is 2.28. The van der Waals surface area contributed by atoms with Gasteiger partial charge in [-0.1, -0.05) is 24.3 Å². The monoisotopic (exact) mass is 477 g/mol. The van der Waals surface area contributed by atoms with Crippen LogP contribution in [0.25, 0.3) is 0 Å². The molecule has 0 saturated carbocycles. The van der Waals surface area contributed by atoms with Crippen LogP contribution in [0.1, 0.15) is 6.42 Å². The highest BCUT2D eigenvalue weighted by atomic mass is 16.5. The van der Waals surface area contributed by atoms with E-state index < -0.39 is 0 Å². The maximum absolute atomic E-state index is 12.7. The number of carbonyl (C=O) groups is 3. The first-order valence-electron chi connectivity index (χ1n) is 11.2. The fourth-order valence-electron chi connectivity index (χ4n) is 3.69. The summed E-state index contributed by atoms with van der Waals surface area (Å²) in [5.74, 6) is 0.768. The summed E-state index contributed by atoms with van der Waals surface area (Å²) in [7, 11) is 1.57. The van der Waals surface area contributed by atoms with E-state index in [0.717, 1.165) is 5.69 Å². The number of nitrogens with one attached hydrogen (secondary N) is 1. The fourth-order valence-corrected chi connectivity index (χ4v) is 3.69. The van der Waals surface area contributed by atoms with Gasteiger partial charge in [-0.3, -0.25) is 19.1 Å². The minimum Gasteiger partial charge on any atom is -0.497 e. The van der Waals surface area contributed by atoms with Gasteiger partial charge in [-0.25, -0.2) is 0 Å². The summed E-state index contributed by atoms with van der Waals surface area (Å²) in [5, 5.41) is 6.89. The summed E-state index contributed by atoms with van der Waals surface area (Å²) < 4.78 is 12.2. The average molecular weight is 478 g/mol. The molecule has 0 atom stereocenters. The van der Waals surface area contributed by atoms with E-state index in [0.29, 0.717) is 30.3 Å². The third-order valence-corrected chi connectivity index (χ3v) is 5.49. The van der Waals surface area contributed by atoms with Gasteiger partial charge in [0.15, 0.2) is 0 Å². The number of benzene rings is 2.